The van der Waals surface area contributed by atoms with E-state index in [2.05, 4.69) is 46.6 Å². The van der Waals surface area contributed by atoms with Crippen LogP contribution >= 0.6 is 24.0 Å². The van der Waals surface area contributed by atoms with Crippen molar-refractivity contribution in [3.05, 3.63) is 12.2 Å². The molecule has 3 rings (SSSR count). The van der Waals surface area contributed by atoms with Gasteiger partial charge in [0.15, 0.2) is 5.96 Å². The van der Waals surface area contributed by atoms with Gasteiger partial charge in [-0.15, -0.1) is 24.0 Å². The summed E-state index contributed by atoms with van der Waals surface area (Å²) in [4.78, 5) is 33.6. The first-order chi connectivity index (χ1) is 13.1. The third kappa shape index (κ3) is 4.87. The second-order valence-electron chi connectivity index (χ2n) is 7.76. The Kier molecular flexibility index (Phi) is 8.73. The lowest BCUT2D eigenvalue weighted by molar-refractivity contribution is -0.140. The molecule has 0 aromatic carbocycles. The molecule has 4 atom stereocenters. The van der Waals surface area contributed by atoms with Crippen LogP contribution in [0.1, 0.15) is 26.7 Å². The van der Waals surface area contributed by atoms with E-state index < -0.39 is 0 Å². The number of hydrogen-bond donors (Lipinski definition) is 2. The number of fused-ring (bicyclic) bond motifs is 5. The van der Waals surface area contributed by atoms with E-state index >= 15 is 0 Å². The van der Waals surface area contributed by atoms with E-state index in [1.807, 2.05) is 6.92 Å². The number of nitrogens with one attached hydrogen (secondary N) is 2. The SMILES string of the molecule is CCNC(=NCCCN1C(=O)C2C3C=CC(C3)C2C1=O)NCCN(C)CC.I. The lowest BCUT2D eigenvalue weighted by Crippen LogP contribution is -2.41. The van der Waals surface area contributed by atoms with Crippen LogP contribution in [0.3, 0.4) is 0 Å². The molecule has 2 aliphatic carbocycles. The number of halogens is 1. The monoisotopic (exact) mass is 503 g/mol. The van der Waals surface area contributed by atoms with Gasteiger partial charge in [-0.1, -0.05) is 19.1 Å². The number of amides is 2. The minimum Gasteiger partial charge on any atom is -0.357 e. The van der Waals surface area contributed by atoms with Crippen LogP contribution < -0.4 is 10.6 Å². The van der Waals surface area contributed by atoms with Crippen molar-refractivity contribution in [2.45, 2.75) is 26.7 Å². The Hall–Kier alpha value is -1.16. The molecule has 8 heteroatoms. The van der Waals surface area contributed by atoms with Crippen molar-refractivity contribution in [2.24, 2.45) is 28.7 Å². The average Bonchev–Trinajstić information content (AvgIpc) is 3.33. The summed E-state index contributed by atoms with van der Waals surface area (Å²) in [7, 11) is 2.09. The molecule has 3 aliphatic rings. The van der Waals surface area contributed by atoms with Crippen LogP contribution in [-0.2, 0) is 9.59 Å². The van der Waals surface area contributed by atoms with Crippen LogP contribution in [0.2, 0.25) is 0 Å². The molecule has 2 bridgehead atoms. The van der Waals surface area contributed by atoms with Crippen LogP contribution in [0.4, 0.5) is 0 Å². The van der Waals surface area contributed by atoms with E-state index in [0.717, 1.165) is 38.6 Å². The molecule has 0 aromatic rings. The molecule has 4 unspecified atom stereocenters. The number of aliphatic imine (C=N–C) groups is 1. The molecule has 1 heterocycles. The summed E-state index contributed by atoms with van der Waals surface area (Å²) in [6.45, 7) is 8.86. The lowest BCUT2D eigenvalue weighted by atomic mass is 9.85. The number of likely N-dealkylation sites (N-methyl/N-ethyl adjacent to an activating group) is 1. The standard InChI is InChI=1S/C20H33N5O2.HI/c1-4-21-20(23-10-12-24(3)5-2)22-9-6-11-25-18(26)16-14-7-8-15(13-14)17(16)19(25)27;/h7-8,14-17H,4-6,9-13H2,1-3H3,(H2,21,22,23);1H. The van der Waals surface area contributed by atoms with E-state index in [4.69, 9.17) is 0 Å². The van der Waals surface area contributed by atoms with Crippen LogP contribution in [-0.4, -0.2) is 73.9 Å². The fourth-order valence-electron chi connectivity index (χ4n) is 4.47. The van der Waals surface area contributed by atoms with Crippen molar-refractivity contribution in [3.63, 3.8) is 0 Å². The molecule has 2 fully saturated rings. The first-order valence-electron chi connectivity index (χ1n) is 10.3. The zero-order valence-electron chi connectivity index (χ0n) is 17.2. The van der Waals surface area contributed by atoms with Gasteiger partial charge in [-0.05, 0) is 45.2 Å². The summed E-state index contributed by atoms with van der Waals surface area (Å²) in [5, 5.41) is 6.56. The van der Waals surface area contributed by atoms with Crippen molar-refractivity contribution in [3.8, 4) is 0 Å². The second-order valence-corrected chi connectivity index (χ2v) is 7.76. The number of allylic oxidation sites excluding steroid dienone is 2. The fraction of sp³-hybridized carbons (Fsp3) is 0.750. The summed E-state index contributed by atoms with van der Waals surface area (Å²) in [6, 6.07) is 0. The highest BCUT2D eigenvalue weighted by Gasteiger charge is 2.58. The third-order valence-corrected chi connectivity index (χ3v) is 6.04. The van der Waals surface area contributed by atoms with Crippen molar-refractivity contribution < 1.29 is 9.59 Å². The number of hydrogen-bond acceptors (Lipinski definition) is 4. The molecule has 2 amide bonds. The van der Waals surface area contributed by atoms with E-state index in [1.54, 1.807) is 0 Å². The molecule has 2 N–H and O–H groups in total. The molecule has 7 nitrogen and oxygen atoms in total. The molecule has 28 heavy (non-hydrogen) atoms. The summed E-state index contributed by atoms with van der Waals surface area (Å²) in [5.41, 5.74) is 0. The largest absolute Gasteiger partial charge is 0.357 e. The van der Waals surface area contributed by atoms with Gasteiger partial charge >= 0.3 is 0 Å². The van der Waals surface area contributed by atoms with Gasteiger partial charge in [0, 0.05) is 32.7 Å². The number of rotatable bonds is 9. The van der Waals surface area contributed by atoms with Crippen molar-refractivity contribution >= 4 is 41.8 Å². The quantitative estimate of drug-likeness (QED) is 0.124. The molecular formula is C20H34IN5O2. The first-order valence-corrected chi connectivity index (χ1v) is 10.3. The van der Waals surface area contributed by atoms with Gasteiger partial charge in [-0.3, -0.25) is 19.5 Å². The van der Waals surface area contributed by atoms with Gasteiger partial charge in [0.05, 0.1) is 11.8 Å². The minimum absolute atomic E-state index is 0. The fourth-order valence-corrected chi connectivity index (χ4v) is 4.47. The van der Waals surface area contributed by atoms with Gasteiger partial charge in [-0.25, -0.2) is 0 Å². The maximum absolute atomic E-state index is 12.7. The Balaban J connectivity index is 0.00000280. The number of carbonyl (C=O) groups excluding carboxylic acids is 2. The van der Waals surface area contributed by atoms with Gasteiger partial charge in [-0.2, -0.15) is 0 Å². The maximum Gasteiger partial charge on any atom is 0.233 e. The minimum atomic E-state index is -0.0921. The Bertz CT molecular complexity index is 594. The topological polar surface area (TPSA) is 77.0 Å². The van der Waals surface area contributed by atoms with Crippen molar-refractivity contribution in [1.29, 1.82) is 0 Å². The van der Waals surface area contributed by atoms with E-state index in [-0.39, 0.29) is 59.5 Å². The van der Waals surface area contributed by atoms with Crippen LogP contribution in [0, 0.1) is 23.7 Å². The zero-order chi connectivity index (χ0) is 19.4. The number of carbonyl (C=O) groups is 2. The third-order valence-electron chi connectivity index (χ3n) is 6.04. The highest BCUT2D eigenvalue weighted by molar-refractivity contribution is 14.0. The molecule has 0 radical (unpaired) electrons. The smallest absolute Gasteiger partial charge is 0.233 e. The molecular weight excluding hydrogens is 469 g/mol. The summed E-state index contributed by atoms with van der Waals surface area (Å²) in [6.07, 6.45) is 5.95. The predicted octanol–water partition coefficient (Wildman–Crippen LogP) is 1.31. The molecule has 0 aromatic heterocycles. The molecule has 1 aliphatic heterocycles. The van der Waals surface area contributed by atoms with E-state index in [9.17, 15) is 9.59 Å². The summed E-state index contributed by atoms with van der Waals surface area (Å²) < 4.78 is 0. The van der Waals surface area contributed by atoms with Crippen molar-refractivity contribution in [1.82, 2.24) is 20.4 Å². The van der Waals surface area contributed by atoms with Crippen LogP contribution in [0.15, 0.2) is 17.1 Å². The Morgan fingerprint density at radius 2 is 1.82 bits per heavy atom. The second kappa shape index (κ2) is 10.6. The molecule has 0 spiro atoms. The average molecular weight is 503 g/mol. The van der Waals surface area contributed by atoms with E-state index in [1.165, 1.54) is 4.90 Å². The number of nitrogens with zero attached hydrogens (tertiary/aromatic N) is 3. The maximum atomic E-state index is 12.7. The predicted molar refractivity (Wildman–Crippen MR) is 122 cm³/mol. The lowest BCUT2D eigenvalue weighted by Gasteiger charge is -2.17. The summed E-state index contributed by atoms with van der Waals surface area (Å²) in [5.74, 6) is 1.25. The zero-order valence-corrected chi connectivity index (χ0v) is 19.5. The Morgan fingerprint density at radius 1 is 1.18 bits per heavy atom. The van der Waals surface area contributed by atoms with Gasteiger partial charge in [0.1, 0.15) is 0 Å². The van der Waals surface area contributed by atoms with Gasteiger partial charge in [0.25, 0.3) is 0 Å². The Morgan fingerprint density at radius 3 is 2.39 bits per heavy atom. The van der Waals surface area contributed by atoms with Gasteiger partial charge < -0.3 is 15.5 Å². The van der Waals surface area contributed by atoms with Crippen LogP contribution in [0.25, 0.3) is 0 Å². The Labute approximate surface area is 185 Å². The molecule has 1 saturated heterocycles. The molecule has 158 valence electrons. The number of imide groups is 1. The first kappa shape index (κ1) is 23.1. The van der Waals surface area contributed by atoms with E-state index in [0.29, 0.717) is 19.5 Å². The number of likely N-dealkylation sites (tertiary alicyclic amines) is 1. The van der Waals surface area contributed by atoms with Crippen LogP contribution in [0.5, 0.6) is 0 Å². The summed E-state index contributed by atoms with van der Waals surface area (Å²) >= 11 is 0. The molecule has 1 saturated carbocycles. The normalized spacial score (nSPS) is 28.1. The van der Waals surface area contributed by atoms with Crippen molar-refractivity contribution in [2.75, 3.05) is 46.3 Å². The highest BCUT2D eigenvalue weighted by Crippen LogP contribution is 2.52. The highest BCUT2D eigenvalue weighted by atomic mass is 127. The van der Waals surface area contributed by atoms with Gasteiger partial charge in [0.2, 0.25) is 11.8 Å². The number of guanidine groups is 1.